The largest absolute Gasteiger partial charge is 0.409 e. The second-order valence-corrected chi connectivity index (χ2v) is 4.34. The average Bonchev–Trinajstić information content (AvgIpc) is 2.32. The van der Waals surface area contributed by atoms with Gasteiger partial charge < -0.3 is 16.3 Å². The van der Waals surface area contributed by atoms with Crippen molar-refractivity contribution in [2.24, 2.45) is 10.9 Å². The number of benzene rings is 1. The van der Waals surface area contributed by atoms with Crippen LogP contribution in [0.5, 0.6) is 0 Å². The number of aryl methyl sites for hydroxylation is 2. The molecule has 1 rings (SSSR count). The van der Waals surface area contributed by atoms with Crippen molar-refractivity contribution >= 4 is 11.5 Å². The summed E-state index contributed by atoms with van der Waals surface area (Å²) in [6.07, 6.45) is 1.46. The number of nitrogens with zero attached hydrogens (tertiary/aromatic N) is 1. The third kappa shape index (κ3) is 3.98. The number of rotatable bonds is 5. The van der Waals surface area contributed by atoms with E-state index in [1.54, 1.807) is 0 Å². The minimum absolute atomic E-state index is 0.188. The maximum absolute atomic E-state index is 8.56. The number of hydrogen-bond donors (Lipinski definition) is 3. The molecule has 0 saturated heterocycles. The highest BCUT2D eigenvalue weighted by Gasteiger charge is 2.09. The van der Waals surface area contributed by atoms with Gasteiger partial charge >= 0.3 is 0 Å². The Hall–Kier alpha value is -1.71. The van der Waals surface area contributed by atoms with Crippen molar-refractivity contribution in [1.29, 1.82) is 0 Å². The smallest absolute Gasteiger partial charge is 0.141 e. The van der Waals surface area contributed by atoms with Gasteiger partial charge in [0.15, 0.2) is 0 Å². The average molecular weight is 235 g/mol. The molecule has 4 heteroatoms. The SMILES string of the molecule is CCC(CC(N)=NO)Nc1ccc(C)c(C)c1. The number of oxime groups is 1. The van der Waals surface area contributed by atoms with Gasteiger partial charge in [-0.2, -0.15) is 0 Å². The van der Waals surface area contributed by atoms with E-state index >= 15 is 0 Å². The predicted molar refractivity (Wildman–Crippen MR) is 71.6 cm³/mol. The molecular formula is C13H21N3O. The Kier molecular flexibility index (Phi) is 4.82. The molecule has 0 heterocycles. The van der Waals surface area contributed by atoms with Crippen LogP contribution in [0.4, 0.5) is 5.69 Å². The van der Waals surface area contributed by atoms with Crippen LogP contribution < -0.4 is 11.1 Å². The van der Waals surface area contributed by atoms with Gasteiger partial charge in [-0.3, -0.25) is 0 Å². The van der Waals surface area contributed by atoms with Gasteiger partial charge in [0.2, 0.25) is 0 Å². The van der Waals surface area contributed by atoms with Crippen molar-refractivity contribution in [3.05, 3.63) is 29.3 Å². The van der Waals surface area contributed by atoms with E-state index in [0.717, 1.165) is 12.1 Å². The topological polar surface area (TPSA) is 70.6 Å². The molecule has 0 aliphatic heterocycles. The third-order valence-corrected chi connectivity index (χ3v) is 2.95. The van der Waals surface area contributed by atoms with Gasteiger partial charge in [-0.15, -0.1) is 0 Å². The number of nitrogens with one attached hydrogen (secondary N) is 1. The van der Waals surface area contributed by atoms with Gasteiger partial charge in [-0.1, -0.05) is 18.1 Å². The second kappa shape index (κ2) is 6.13. The minimum Gasteiger partial charge on any atom is -0.409 e. The zero-order chi connectivity index (χ0) is 12.8. The monoisotopic (exact) mass is 235 g/mol. The number of hydrogen-bond acceptors (Lipinski definition) is 3. The van der Waals surface area contributed by atoms with E-state index in [1.165, 1.54) is 11.1 Å². The first-order valence-corrected chi connectivity index (χ1v) is 5.87. The van der Waals surface area contributed by atoms with Crippen LogP contribution in [0.3, 0.4) is 0 Å². The molecule has 0 fully saturated rings. The maximum Gasteiger partial charge on any atom is 0.141 e. The van der Waals surface area contributed by atoms with Crippen LogP contribution in [0.1, 0.15) is 30.9 Å². The lowest BCUT2D eigenvalue weighted by Gasteiger charge is -2.18. The normalized spacial score (nSPS) is 13.5. The predicted octanol–water partition coefficient (Wildman–Crippen LogP) is 2.63. The molecule has 4 nitrogen and oxygen atoms in total. The van der Waals surface area contributed by atoms with Crippen LogP contribution in [0.2, 0.25) is 0 Å². The fraction of sp³-hybridized carbons (Fsp3) is 0.462. The summed E-state index contributed by atoms with van der Waals surface area (Å²) >= 11 is 0. The van der Waals surface area contributed by atoms with E-state index < -0.39 is 0 Å². The van der Waals surface area contributed by atoms with Gasteiger partial charge in [0, 0.05) is 18.2 Å². The lowest BCUT2D eigenvalue weighted by Crippen LogP contribution is -2.26. The second-order valence-electron chi connectivity index (χ2n) is 4.34. The zero-order valence-corrected chi connectivity index (χ0v) is 10.7. The van der Waals surface area contributed by atoms with E-state index in [9.17, 15) is 0 Å². The Morgan fingerprint density at radius 1 is 1.41 bits per heavy atom. The standard InChI is InChI=1S/C13H21N3O/c1-4-11(8-13(14)16-17)15-12-6-5-9(2)10(3)7-12/h5-7,11,15,17H,4,8H2,1-3H3,(H2,14,16). The number of anilines is 1. The molecule has 17 heavy (non-hydrogen) atoms. The molecule has 0 aromatic heterocycles. The summed E-state index contributed by atoms with van der Waals surface area (Å²) in [6.45, 7) is 6.25. The van der Waals surface area contributed by atoms with E-state index in [4.69, 9.17) is 10.9 Å². The van der Waals surface area contributed by atoms with Gasteiger partial charge in [-0.25, -0.2) is 0 Å². The molecule has 0 aliphatic rings. The molecule has 0 radical (unpaired) electrons. The fourth-order valence-electron chi connectivity index (χ4n) is 1.66. The van der Waals surface area contributed by atoms with Crippen LogP contribution in [-0.2, 0) is 0 Å². The Balaban J connectivity index is 2.70. The van der Waals surface area contributed by atoms with E-state index in [1.807, 2.05) is 0 Å². The van der Waals surface area contributed by atoms with Crippen LogP contribution in [0.25, 0.3) is 0 Å². The van der Waals surface area contributed by atoms with Gasteiger partial charge in [-0.05, 0) is 43.5 Å². The highest BCUT2D eigenvalue weighted by Crippen LogP contribution is 2.16. The summed E-state index contributed by atoms with van der Waals surface area (Å²) < 4.78 is 0. The van der Waals surface area contributed by atoms with Crippen LogP contribution in [-0.4, -0.2) is 17.1 Å². The highest BCUT2D eigenvalue weighted by molar-refractivity contribution is 5.80. The fourth-order valence-corrected chi connectivity index (χ4v) is 1.66. The molecule has 1 aromatic rings. The molecule has 0 bridgehead atoms. The molecule has 1 atom stereocenters. The Morgan fingerprint density at radius 3 is 2.65 bits per heavy atom. The Morgan fingerprint density at radius 2 is 2.12 bits per heavy atom. The molecule has 0 amide bonds. The molecule has 1 unspecified atom stereocenters. The molecule has 4 N–H and O–H groups in total. The third-order valence-electron chi connectivity index (χ3n) is 2.95. The van der Waals surface area contributed by atoms with Crippen molar-refractivity contribution < 1.29 is 5.21 Å². The van der Waals surface area contributed by atoms with Crippen molar-refractivity contribution in [2.75, 3.05) is 5.32 Å². The summed E-state index contributed by atoms with van der Waals surface area (Å²) in [5.41, 5.74) is 9.13. The summed E-state index contributed by atoms with van der Waals surface area (Å²) in [4.78, 5) is 0. The lowest BCUT2D eigenvalue weighted by molar-refractivity contribution is 0.316. The number of nitrogens with two attached hydrogens (primary N) is 1. The van der Waals surface area contributed by atoms with Crippen molar-refractivity contribution in [1.82, 2.24) is 0 Å². The van der Waals surface area contributed by atoms with E-state index in [2.05, 4.69) is 49.4 Å². The van der Waals surface area contributed by atoms with Crippen LogP contribution in [0.15, 0.2) is 23.4 Å². The first kappa shape index (κ1) is 13.4. The van der Waals surface area contributed by atoms with E-state index in [0.29, 0.717) is 6.42 Å². The summed E-state index contributed by atoms with van der Waals surface area (Å²) in [5, 5.41) is 15.0. The molecular weight excluding hydrogens is 214 g/mol. The summed E-state index contributed by atoms with van der Waals surface area (Å²) in [7, 11) is 0. The zero-order valence-electron chi connectivity index (χ0n) is 10.7. The molecule has 0 saturated carbocycles. The van der Waals surface area contributed by atoms with Crippen molar-refractivity contribution in [3.63, 3.8) is 0 Å². The van der Waals surface area contributed by atoms with Crippen LogP contribution >= 0.6 is 0 Å². The van der Waals surface area contributed by atoms with E-state index in [-0.39, 0.29) is 11.9 Å². The summed E-state index contributed by atoms with van der Waals surface area (Å²) in [5.74, 6) is 0.258. The molecule has 0 spiro atoms. The van der Waals surface area contributed by atoms with Crippen molar-refractivity contribution in [3.8, 4) is 0 Å². The maximum atomic E-state index is 8.56. The van der Waals surface area contributed by atoms with Gasteiger partial charge in [0.05, 0.1) is 0 Å². The molecule has 94 valence electrons. The Labute approximate surface area is 103 Å². The first-order chi connectivity index (χ1) is 8.06. The first-order valence-electron chi connectivity index (χ1n) is 5.87. The molecule has 1 aromatic carbocycles. The molecule has 0 aliphatic carbocycles. The lowest BCUT2D eigenvalue weighted by atomic mass is 10.1. The summed E-state index contributed by atoms with van der Waals surface area (Å²) in [6, 6.07) is 6.45. The van der Waals surface area contributed by atoms with Crippen molar-refractivity contribution in [2.45, 2.75) is 39.7 Å². The Bertz CT molecular complexity index is 402. The van der Waals surface area contributed by atoms with Crippen LogP contribution in [0, 0.1) is 13.8 Å². The minimum atomic E-state index is 0.188. The quantitative estimate of drug-likeness (QED) is 0.318. The van der Waals surface area contributed by atoms with Gasteiger partial charge in [0.25, 0.3) is 0 Å². The van der Waals surface area contributed by atoms with Gasteiger partial charge in [0.1, 0.15) is 5.84 Å². The number of amidine groups is 1. The highest BCUT2D eigenvalue weighted by atomic mass is 16.4.